The van der Waals surface area contributed by atoms with Crippen LogP contribution in [-0.4, -0.2) is 31.5 Å². The zero-order valence-electron chi connectivity index (χ0n) is 15.0. The normalized spacial score (nSPS) is 20.2. The zero-order valence-corrected chi connectivity index (χ0v) is 15.7. The Morgan fingerprint density at radius 1 is 1.21 bits per heavy atom. The van der Waals surface area contributed by atoms with Gasteiger partial charge in [-0.2, -0.15) is 0 Å². The molecular weight excluding hydrogens is 329 g/mol. The van der Waals surface area contributed by atoms with E-state index in [0.29, 0.717) is 30.2 Å². The zero-order chi connectivity index (χ0) is 18.0. The lowest BCUT2D eigenvalue weighted by molar-refractivity contribution is 0.00578. The molecule has 0 saturated carbocycles. The number of ether oxygens (including phenoxy) is 1. The SMILES string of the molecule is CCOCCC(=C(F)B1OC(C)(C)C(C)(C)O1)c1cccc(Cl)c1. The van der Waals surface area contributed by atoms with Crippen molar-refractivity contribution >= 4 is 24.3 Å². The van der Waals surface area contributed by atoms with Crippen molar-refractivity contribution in [3.05, 3.63) is 40.6 Å². The van der Waals surface area contributed by atoms with Gasteiger partial charge in [-0.3, -0.25) is 0 Å². The van der Waals surface area contributed by atoms with E-state index in [0.717, 1.165) is 5.56 Å². The third-order valence-corrected chi connectivity index (χ3v) is 4.86. The summed E-state index contributed by atoms with van der Waals surface area (Å²) in [5.74, 6) is 0. The summed E-state index contributed by atoms with van der Waals surface area (Å²) in [6.07, 6.45) is 0.421. The van der Waals surface area contributed by atoms with Gasteiger partial charge >= 0.3 is 7.12 Å². The van der Waals surface area contributed by atoms with Gasteiger partial charge in [0.25, 0.3) is 0 Å². The predicted octanol–water partition coefficient (Wildman–Crippen LogP) is 5.08. The predicted molar refractivity (Wildman–Crippen MR) is 96.7 cm³/mol. The maximum Gasteiger partial charge on any atom is 0.525 e. The van der Waals surface area contributed by atoms with Gasteiger partial charge in [0.2, 0.25) is 0 Å². The van der Waals surface area contributed by atoms with E-state index in [1.54, 1.807) is 18.2 Å². The molecule has 1 aliphatic rings. The van der Waals surface area contributed by atoms with Crippen LogP contribution < -0.4 is 0 Å². The molecule has 1 heterocycles. The van der Waals surface area contributed by atoms with Gasteiger partial charge in [0.15, 0.2) is 0 Å². The largest absolute Gasteiger partial charge is 0.525 e. The molecule has 0 spiro atoms. The Morgan fingerprint density at radius 2 is 1.83 bits per heavy atom. The maximum absolute atomic E-state index is 15.2. The van der Waals surface area contributed by atoms with Crippen molar-refractivity contribution in [3.63, 3.8) is 0 Å². The minimum absolute atomic E-state index is 0.421. The third-order valence-electron chi connectivity index (χ3n) is 4.62. The highest BCUT2D eigenvalue weighted by atomic mass is 35.5. The van der Waals surface area contributed by atoms with Crippen LogP contribution in [0.1, 0.15) is 46.6 Å². The second kappa shape index (κ2) is 7.57. The molecule has 1 aliphatic heterocycles. The van der Waals surface area contributed by atoms with Gasteiger partial charge in [-0.1, -0.05) is 23.7 Å². The van der Waals surface area contributed by atoms with Crippen molar-refractivity contribution < 1.29 is 18.4 Å². The molecular formula is C18H25BClFO3. The van der Waals surface area contributed by atoms with E-state index in [4.69, 9.17) is 25.6 Å². The smallest absolute Gasteiger partial charge is 0.398 e. The molecule has 0 unspecified atom stereocenters. The lowest BCUT2D eigenvalue weighted by Gasteiger charge is -2.32. The molecule has 3 nitrogen and oxygen atoms in total. The van der Waals surface area contributed by atoms with E-state index >= 15 is 4.39 Å². The first-order chi connectivity index (χ1) is 11.2. The van der Waals surface area contributed by atoms with Gasteiger partial charge in [0.05, 0.1) is 17.8 Å². The second-order valence-electron chi connectivity index (χ2n) is 6.87. The van der Waals surface area contributed by atoms with Crippen LogP contribution in [0, 0.1) is 0 Å². The topological polar surface area (TPSA) is 27.7 Å². The lowest BCUT2D eigenvalue weighted by Crippen LogP contribution is -2.41. The molecule has 1 aromatic carbocycles. The van der Waals surface area contributed by atoms with Crippen LogP contribution in [-0.2, 0) is 14.0 Å². The van der Waals surface area contributed by atoms with Crippen molar-refractivity contribution in [1.82, 2.24) is 0 Å². The van der Waals surface area contributed by atoms with Gasteiger partial charge in [-0.05, 0) is 64.3 Å². The summed E-state index contributed by atoms with van der Waals surface area (Å²) in [5.41, 5.74) is -0.377. The van der Waals surface area contributed by atoms with E-state index < -0.39 is 24.0 Å². The Bertz CT molecular complexity index is 600. The van der Waals surface area contributed by atoms with Crippen molar-refractivity contribution in [2.45, 2.75) is 52.2 Å². The van der Waals surface area contributed by atoms with Crippen molar-refractivity contribution in [2.75, 3.05) is 13.2 Å². The standard InChI is InChI=1S/C18H25BClFO3/c1-6-22-11-10-15(13-8-7-9-14(20)12-13)16(21)19-23-17(2,3)18(4,5)24-19/h7-9,12H,6,10-11H2,1-5H3. The third kappa shape index (κ3) is 4.20. The van der Waals surface area contributed by atoms with E-state index in [1.807, 2.05) is 40.7 Å². The molecule has 0 aromatic heterocycles. The summed E-state index contributed by atoms with van der Waals surface area (Å²) in [4.78, 5) is 0. The fraction of sp³-hybridized carbons (Fsp3) is 0.556. The molecule has 24 heavy (non-hydrogen) atoms. The molecule has 0 amide bonds. The monoisotopic (exact) mass is 354 g/mol. The first-order valence-corrected chi connectivity index (χ1v) is 8.63. The molecule has 2 rings (SSSR count). The van der Waals surface area contributed by atoms with Crippen molar-refractivity contribution in [1.29, 1.82) is 0 Å². The summed E-state index contributed by atoms with van der Waals surface area (Å²) in [7, 11) is -1.02. The highest BCUT2D eigenvalue weighted by molar-refractivity contribution is 6.55. The van der Waals surface area contributed by atoms with Crippen LogP contribution in [0.2, 0.25) is 5.02 Å². The molecule has 132 valence electrons. The quantitative estimate of drug-likeness (QED) is 0.527. The van der Waals surface area contributed by atoms with E-state index in [-0.39, 0.29) is 0 Å². The van der Waals surface area contributed by atoms with E-state index in [1.165, 1.54) is 0 Å². The summed E-state index contributed by atoms with van der Waals surface area (Å²) in [5, 5.41) is 0.558. The Kier molecular flexibility index (Phi) is 6.13. The first kappa shape index (κ1) is 19.4. The number of rotatable bonds is 6. The second-order valence-corrected chi connectivity index (χ2v) is 7.31. The van der Waals surface area contributed by atoms with Crippen LogP contribution in [0.25, 0.3) is 5.57 Å². The van der Waals surface area contributed by atoms with Crippen LogP contribution in [0.15, 0.2) is 30.0 Å². The molecule has 1 fully saturated rings. The Balaban J connectivity index is 2.36. The fourth-order valence-corrected chi connectivity index (χ4v) is 2.68. The first-order valence-electron chi connectivity index (χ1n) is 8.26. The highest BCUT2D eigenvalue weighted by Gasteiger charge is 2.53. The van der Waals surface area contributed by atoms with Crippen LogP contribution in [0.5, 0.6) is 0 Å². The summed E-state index contributed by atoms with van der Waals surface area (Å²) < 4.78 is 32.3. The number of hydrogen-bond acceptors (Lipinski definition) is 3. The molecule has 0 radical (unpaired) electrons. The van der Waals surface area contributed by atoms with Gasteiger partial charge in [-0.25, -0.2) is 4.39 Å². The molecule has 0 bridgehead atoms. The summed E-state index contributed by atoms with van der Waals surface area (Å²) >= 11 is 6.07. The summed E-state index contributed by atoms with van der Waals surface area (Å²) in [6.45, 7) is 10.5. The minimum Gasteiger partial charge on any atom is -0.398 e. The lowest BCUT2D eigenvalue weighted by atomic mass is 9.82. The molecule has 0 atom stereocenters. The Labute approximate surface area is 149 Å². The molecule has 0 aliphatic carbocycles. The van der Waals surface area contributed by atoms with E-state index in [2.05, 4.69) is 0 Å². The van der Waals surface area contributed by atoms with Gasteiger partial charge < -0.3 is 14.0 Å². The Hall–Kier alpha value is -0.875. The van der Waals surface area contributed by atoms with Gasteiger partial charge in [0, 0.05) is 11.6 Å². The molecule has 0 N–H and O–H groups in total. The van der Waals surface area contributed by atoms with E-state index in [9.17, 15) is 0 Å². The van der Waals surface area contributed by atoms with Crippen molar-refractivity contribution in [2.24, 2.45) is 0 Å². The molecule has 6 heteroatoms. The average Bonchev–Trinajstić information content (AvgIpc) is 2.71. The summed E-state index contributed by atoms with van der Waals surface area (Å²) in [6, 6.07) is 7.14. The Morgan fingerprint density at radius 3 is 2.38 bits per heavy atom. The number of halogens is 2. The van der Waals surface area contributed by atoms with Gasteiger partial charge in [0.1, 0.15) is 5.73 Å². The van der Waals surface area contributed by atoms with Gasteiger partial charge in [-0.15, -0.1) is 0 Å². The molecule has 1 aromatic rings. The van der Waals surface area contributed by atoms with Crippen molar-refractivity contribution in [3.8, 4) is 0 Å². The molecule has 1 saturated heterocycles. The number of hydrogen-bond donors (Lipinski definition) is 0. The highest BCUT2D eigenvalue weighted by Crippen LogP contribution is 2.40. The maximum atomic E-state index is 15.2. The van der Waals surface area contributed by atoms with Crippen LogP contribution in [0.4, 0.5) is 4.39 Å². The average molecular weight is 355 g/mol. The minimum atomic E-state index is -1.02. The fourth-order valence-electron chi connectivity index (χ4n) is 2.49. The number of benzene rings is 1. The van der Waals surface area contributed by atoms with Crippen LogP contribution in [0.3, 0.4) is 0 Å². The van der Waals surface area contributed by atoms with Crippen LogP contribution >= 0.6 is 11.6 Å².